The van der Waals surface area contributed by atoms with Gasteiger partial charge in [0.15, 0.2) is 11.6 Å². The molecular weight excluding hydrogens is 257 g/mol. The van der Waals surface area contributed by atoms with Gasteiger partial charge in [0.05, 0.1) is 11.7 Å². The van der Waals surface area contributed by atoms with Gasteiger partial charge in [-0.25, -0.2) is 4.39 Å². The second-order valence-electron chi connectivity index (χ2n) is 4.93. The molecule has 1 heterocycles. The molecule has 0 saturated heterocycles. The molecule has 0 radical (unpaired) electrons. The molecule has 20 heavy (non-hydrogen) atoms. The molecule has 0 aliphatic carbocycles. The maximum absolute atomic E-state index is 13.3. The SMILES string of the molecule is CCn1nc(C)c(C(C)Nc2ccc(O)c(F)c2)c1C. The highest BCUT2D eigenvalue weighted by atomic mass is 19.1. The lowest BCUT2D eigenvalue weighted by atomic mass is 10.1. The zero-order chi connectivity index (χ0) is 14.9. The Kier molecular flexibility index (Phi) is 3.97. The highest BCUT2D eigenvalue weighted by Gasteiger charge is 2.17. The molecule has 5 heteroatoms. The third kappa shape index (κ3) is 2.61. The summed E-state index contributed by atoms with van der Waals surface area (Å²) in [6, 6.07) is 4.31. The highest BCUT2D eigenvalue weighted by molar-refractivity contribution is 5.49. The van der Waals surface area contributed by atoms with Crippen LogP contribution in [0.5, 0.6) is 5.75 Å². The van der Waals surface area contributed by atoms with Crippen LogP contribution in [0.4, 0.5) is 10.1 Å². The van der Waals surface area contributed by atoms with Crippen molar-refractivity contribution in [3.05, 3.63) is 41.0 Å². The summed E-state index contributed by atoms with van der Waals surface area (Å²) in [6.45, 7) is 8.91. The molecule has 2 rings (SSSR count). The molecule has 2 N–H and O–H groups in total. The summed E-state index contributed by atoms with van der Waals surface area (Å²) in [5.74, 6) is -0.964. The van der Waals surface area contributed by atoms with Crippen molar-refractivity contribution in [3.8, 4) is 5.75 Å². The minimum Gasteiger partial charge on any atom is -0.505 e. The zero-order valence-electron chi connectivity index (χ0n) is 12.2. The summed E-state index contributed by atoms with van der Waals surface area (Å²) in [7, 11) is 0. The van der Waals surface area contributed by atoms with Gasteiger partial charge >= 0.3 is 0 Å². The molecule has 108 valence electrons. The number of nitrogens with zero attached hydrogens (tertiary/aromatic N) is 2. The molecule has 1 aromatic heterocycles. The molecule has 4 nitrogen and oxygen atoms in total. The number of aryl methyl sites for hydroxylation is 2. The predicted molar refractivity (Wildman–Crippen MR) is 77.5 cm³/mol. The number of benzene rings is 1. The second kappa shape index (κ2) is 5.53. The fourth-order valence-electron chi connectivity index (χ4n) is 2.56. The van der Waals surface area contributed by atoms with Gasteiger partial charge in [0, 0.05) is 29.6 Å². The van der Waals surface area contributed by atoms with Crippen molar-refractivity contribution < 1.29 is 9.50 Å². The van der Waals surface area contributed by atoms with Crippen LogP contribution in [0.2, 0.25) is 0 Å². The van der Waals surface area contributed by atoms with E-state index in [1.54, 1.807) is 6.07 Å². The molecule has 0 spiro atoms. The van der Waals surface area contributed by atoms with Crippen molar-refractivity contribution in [1.29, 1.82) is 0 Å². The molecule has 0 aliphatic heterocycles. The van der Waals surface area contributed by atoms with Crippen molar-refractivity contribution in [2.45, 2.75) is 40.3 Å². The Hall–Kier alpha value is -2.04. The molecular formula is C15H20FN3O. The molecule has 0 fully saturated rings. The van der Waals surface area contributed by atoms with Gasteiger partial charge in [-0.05, 0) is 39.8 Å². The summed E-state index contributed by atoms with van der Waals surface area (Å²) in [6.07, 6.45) is 0. The van der Waals surface area contributed by atoms with Crippen LogP contribution in [0.25, 0.3) is 0 Å². The highest BCUT2D eigenvalue weighted by Crippen LogP contribution is 2.27. The average molecular weight is 277 g/mol. The Bertz CT molecular complexity index is 622. The van der Waals surface area contributed by atoms with Crippen LogP contribution in [-0.4, -0.2) is 14.9 Å². The first kappa shape index (κ1) is 14.4. The van der Waals surface area contributed by atoms with Crippen LogP contribution in [0.3, 0.4) is 0 Å². The topological polar surface area (TPSA) is 50.1 Å². The first-order valence-corrected chi connectivity index (χ1v) is 6.73. The third-order valence-corrected chi connectivity index (χ3v) is 3.50. The fraction of sp³-hybridized carbons (Fsp3) is 0.400. The van der Waals surface area contributed by atoms with E-state index in [0.29, 0.717) is 5.69 Å². The van der Waals surface area contributed by atoms with E-state index < -0.39 is 5.82 Å². The average Bonchev–Trinajstić information content (AvgIpc) is 2.68. The number of nitrogens with one attached hydrogen (secondary N) is 1. The minimum absolute atomic E-state index is 0.0132. The van der Waals surface area contributed by atoms with Crippen LogP contribution >= 0.6 is 0 Å². The van der Waals surface area contributed by atoms with E-state index in [1.165, 1.54) is 12.1 Å². The lowest BCUT2D eigenvalue weighted by molar-refractivity contribution is 0.432. The van der Waals surface area contributed by atoms with Gasteiger partial charge in [0.25, 0.3) is 0 Å². The Morgan fingerprint density at radius 1 is 1.40 bits per heavy atom. The lowest BCUT2D eigenvalue weighted by Crippen LogP contribution is -2.09. The molecule has 1 atom stereocenters. The Labute approximate surface area is 118 Å². The Morgan fingerprint density at radius 2 is 2.10 bits per heavy atom. The number of phenolic OH excluding ortho intramolecular Hbond substituents is 1. The van der Waals surface area contributed by atoms with Gasteiger partial charge in [-0.3, -0.25) is 4.68 Å². The van der Waals surface area contributed by atoms with Crippen LogP contribution < -0.4 is 5.32 Å². The van der Waals surface area contributed by atoms with Gasteiger partial charge in [-0.2, -0.15) is 5.10 Å². The first-order valence-electron chi connectivity index (χ1n) is 6.73. The molecule has 0 bridgehead atoms. The molecule has 1 aromatic carbocycles. The number of hydrogen-bond acceptors (Lipinski definition) is 3. The van der Waals surface area contributed by atoms with Crippen molar-refractivity contribution in [2.75, 3.05) is 5.32 Å². The predicted octanol–water partition coefficient (Wildman–Crippen LogP) is 3.54. The van der Waals surface area contributed by atoms with E-state index in [2.05, 4.69) is 17.3 Å². The molecule has 1 unspecified atom stereocenters. The van der Waals surface area contributed by atoms with Gasteiger partial charge in [-0.15, -0.1) is 0 Å². The van der Waals surface area contributed by atoms with Gasteiger partial charge in [-0.1, -0.05) is 0 Å². The largest absolute Gasteiger partial charge is 0.505 e. The van der Waals surface area contributed by atoms with E-state index >= 15 is 0 Å². The maximum Gasteiger partial charge on any atom is 0.166 e. The number of aromatic hydroxyl groups is 1. The number of hydrogen-bond donors (Lipinski definition) is 2. The molecule has 0 aliphatic rings. The fourth-order valence-corrected chi connectivity index (χ4v) is 2.56. The quantitative estimate of drug-likeness (QED) is 0.840. The number of rotatable bonds is 4. The molecule has 2 aromatic rings. The zero-order valence-corrected chi connectivity index (χ0v) is 12.2. The van der Waals surface area contributed by atoms with Crippen molar-refractivity contribution in [2.24, 2.45) is 0 Å². The molecule has 0 saturated carbocycles. The smallest absolute Gasteiger partial charge is 0.166 e. The van der Waals surface area contributed by atoms with Crippen molar-refractivity contribution in [3.63, 3.8) is 0 Å². The Morgan fingerprint density at radius 3 is 2.65 bits per heavy atom. The van der Waals surface area contributed by atoms with Crippen LogP contribution in [-0.2, 0) is 6.54 Å². The van der Waals surface area contributed by atoms with E-state index in [-0.39, 0.29) is 11.8 Å². The number of anilines is 1. The van der Waals surface area contributed by atoms with Crippen LogP contribution in [0.15, 0.2) is 18.2 Å². The van der Waals surface area contributed by atoms with E-state index in [1.807, 2.05) is 25.5 Å². The summed E-state index contributed by atoms with van der Waals surface area (Å²) in [4.78, 5) is 0. The Balaban J connectivity index is 2.25. The summed E-state index contributed by atoms with van der Waals surface area (Å²) < 4.78 is 15.3. The number of aromatic nitrogens is 2. The van der Waals surface area contributed by atoms with E-state index in [9.17, 15) is 9.50 Å². The van der Waals surface area contributed by atoms with Gasteiger partial charge in [0.2, 0.25) is 0 Å². The summed E-state index contributed by atoms with van der Waals surface area (Å²) in [5, 5.41) is 16.9. The van der Waals surface area contributed by atoms with E-state index in [0.717, 1.165) is 23.5 Å². The van der Waals surface area contributed by atoms with Crippen LogP contribution in [0.1, 0.15) is 36.8 Å². The lowest BCUT2D eigenvalue weighted by Gasteiger charge is -2.16. The standard InChI is InChI=1S/C15H20FN3O/c1-5-19-11(4)15(10(3)18-19)9(2)17-12-6-7-14(20)13(16)8-12/h6-9,17,20H,5H2,1-4H3. The maximum atomic E-state index is 13.3. The number of halogens is 1. The first-order chi connectivity index (χ1) is 9.43. The minimum atomic E-state index is -0.625. The monoisotopic (exact) mass is 277 g/mol. The summed E-state index contributed by atoms with van der Waals surface area (Å²) in [5.41, 5.74) is 3.85. The third-order valence-electron chi connectivity index (χ3n) is 3.50. The van der Waals surface area contributed by atoms with Crippen LogP contribution in [0, 0.1) is 19.7 Å². The van der Waals surface area contributed by atoms with Crippen molar-refractivity contribution >= 4 is 5.69 Å². The van der Waals surface area contributed by atoms with Crippen molar-refractivity contribution in [1.82, 2.24) is 9.78 Å². The normalized spacial score (nSPS) is 12.4. The second-order valence-corrected chi connectivity index (χ2v) is 4.93. The summed E-state index contributed by atoms with van der Waals surface area (Å²) >= 11 is 0. The number of phenols is 1. The molecule has 0 amide bonds. The van der Waals surface area contributed by atoms with E-state index in [4.69, 9.17) is 0 Å². The van der Waals surface area contributed by atoms with Gasteiger partial charge < -0.3 is 10.4 Å². The van der Waals surface area contributed by atoms with Gasteiger partial charge in [0.1, 0.15) is 0 Å².